The van der Waals surface area contributed by atoms with Gasteiger partial charge in [-0.05, 0) is 89.5 Å². The number of allylic oxidation sites excluding steroid dienone is 11. The van der Waals surface area contributed by atoms with Gasteiger partial charge >= 0.3 is 11.9 Å². The summed E-state index contributed by atoms with van der Waals surface area (Å²) in [7, 11) is 0. The molecule has 4 N–H and O–H groups in total. The third-order valence-corrected chi connectivity index (χ3v) is 9.42. The van der Waals surface area contributed by atoms with Gasteiger partial charge in [-0.15, -0.1) is 0 Å². The van der Waals surface area contributed by atoms with Crippen molar-refractivity contribution < 1.29 is 34.1 Å². The minimum absolute atomic E-state index is 0.131. The van der Waals surface area contributed by atoms with Crippen molar-refractivity contribution in [2.75, 3.05) is 13.2 Å². The van der Waals surface area contributed by atoms with Gasteiger partial charge in [0.2, 0.25) is 11.8 Å². The molecular weight excluding hydrogens is 717 g/mol. The summed E-state index contributed by atoms with van der Waals surface area (Å²) in [5.74, 6) is -2.42. The zero-order valence-corrected chi connectivity index (χ0v) is 35.8. The van der Waals surface area contributed by atoms with Gasteiger partial charge in [-0.25, -0.2) is 4.79 Å². The molecular formula is C48H80N2O7. The van der Waals surface area contributed by atoms with E-state index in [0.29, 0.717) is 12.8 Å². The van der Waals surface area contributed by atoms with E-state index in [9.17, 15) is 19.2 Å². The molecule has 0 rings (SSSR count). The lowest BCUT2D eigenvalue weighted by Gasteiger charge is -2.15. The van der Waals surface area contributed by atoms with E-state index >= 15 is 0 Å². The molecule has 0 heterocycles. The van der Waals surface area contributed by atoms with Crippen molar-refractivity contribution in [1.29, 1.82) is 0 Å². The summed E-state index contributed by atoms with van der Waals surface area (Å²) in [6, 6.07) is -1.39. The van der Waals surface area contributed by atoms with Gasteiger partial charge in [0.05, 0.1) is 13.2 Å². The maximum atomic E-state index is 12.8. The molecule has 0 aromatic carbocycles. The van der Waals surface area contributed by atoms with Crippen LogP contribution in [-0.4, -0.2) is 59.3 Å². The van der Waals surface area contributed by atoms with E-state index in [1.54, 1.807) is 0 Å². The first-order valence-corrected chi connectivity index (χ1v) is 22.3. The quantitative estimate of drug-likeness (QED) is 0.0276. The third kappa shape index (κ3) is 38.9. The van der Waals surface area contributed by atoms with Crippen molar-refractivity contribution in [1.82, 2.24) is 10.6 Å². The highest BCUT2D eigenvalue weighted by Crippen LogP contribution is 2.15. The van der Waals surface area contributed by atoms with Crippen molar-refractivity contribution in [2.45, 2.75) is 193 Å². The number of aliphatic hydroxyl groups is 1. The molecule has 0 saturated carbocycles. The van der Waals surface area contributed by atoms with Crippen LogP contribution in [0.25, 0.3) is 0 Å². The van der Waals surface area contributed by atoms with Crippen LogP contribution >= 0.6 is 0 Å². The van der Waals surface area contributed by atoms with Crippen molar-refractivity contribution in [3.05, 3.63) is 72.9 Å². The number of carboxylic acid groups (broad SMARTS) is 1. The fraction of sp³-hybridized carbons (Fsp3) is 0.667. The maximum absolute atomic E-state index is 12.8. The average Bonchev–Trinajstić information content (AvgIpc) is 3.20. The highest BCUT2D eigenvalue weighted by Gasteiger charge is 2.18. The summed E-state index contributed by atoms with van der Waals surface area (Å²) in [5.41, 5.74) is 0. The van der Waals surface area contributed by atoms with Crippen LogP contribution in [0, 0.1) is 0 Å². The number of hydrogen-bond acceptors (Lipinski definition) is 6. The zero-order chi connectivity index (χ0) is 41.9. The van der Waals surface area contributed by atoms with Crippen molar-refractivity contribution in [3.8, 4) is 0 Å². The summed E-state index contributed by atoms with van der Waals surface area (Å²) >= 11 is 0. The Bertz CT molecular complexity index is 1190. The van der Waals surface area contributed by atoms with Crippen LogP contribution in [0.3, 0.4) is 0 Å². The lowest BCUT2D eigenvalue weighted by Crippen LogP contribution is -2.47. The molecule has 9 heteroatoms. The van der Waals surface area contributed by atoms with Gasteiger partial charge in [0, 0.05) is 12.8 Å². The van der Waals surface area contributed by atoms with E-state index < -0.39 is 24.5 Å². The maximum Gasteiger partial charge on any atom is 0.328 e. The smallest absolute Gasteiger partial charge is 0.328 e. The van der Waals surface area contributed by atoms with E-state index in [-0.39, 0.29) is 30.9 Å². The predicted octanol–water partition coefficient (Wildman–Crippen LogP) is 11.1. The van der Waals surface area contributed by atoms with Crippen LogP contribution in [-0.2, 0) is 23.9 Å². The number of carbonyl (C=O) groups is 4. The Hall–Kier alpha value is -3.72. The number of carbonyl (C=O) groups excluding carboxylic acids is 3. The first-order valence-electron chi connectivity index (χ1n) is 22.3. The minimum atomic E-state index is -1.39. The number of amides is 2. The highest BCUT2D eigenvalue weighted by molar-refractivity contribution is 5.87. The van der Waals surface area contributed by atoms with Gasteiger partial charge in [0.1, 0.15) is 12.1 Å². The molecule has 0 bridgehead atoms. The second-order valence-corrected chi connectivity index (χ2v) is 14.8. The molecule has 9 nitrogen and oxygen atoms in total. The van der Waals surface area contributed by atoms with E-state index in [2.05, 4.69) is 97.4 Å². The summed E-state index contributed by atoms with van der Waals surface area (Å²) in [6.45, 7) is 3.32. The molecule has 0 aromatic heterocycles. The largest absolute Gasteiger partial charge is 0.480 e. The Balaban J connectivity index is 4.31. The molecule has 0 aliphatic carbocycles. The molecule has 0 aliphatic rings. The summed E-state index contributed by atoms with van der Waals surface area (Å²) in [5, 5.41) is 22.5. The molecule has 324 valence electrons. The van der Waals surface area contributed by atoms with Crippen molar-refractivity contribution >= 4 is 23.8 Å². The van der Waals surface area contributed by atoms with Crippen LogP contribution < -0.4 is 10.6 Å². The molecule has 2 amide bonds. The number of unbranched alkanes of at least 4 members (excludes halogenated alkanes) is 15. The van der Waals surface area contributed by atoms with E-state index in [1.165, 1.54) is 51.4 Å². The molecule has 2 unspecified atom stereocenters. The lowest BCUT2D eigenvalue weighted by atomic mass is 10.1. The highest BCUT2D eigenvalue weighted by atomic mass is 16.5. The second-order valence-electron chi connectivity index (χ2n) is 14.8. The Morgan fingerprint density at radius 1 is 0.561 bits per heavy atom. The van der Waals surface area contributed by atoms with E-state index in [4.69, 9.17) is 14.9 Å². The predicted molar refractivity (Wildman–Crippen MR) is 236 cm³/mol. The lowest BCUT2D eigenvalue weighted by molar-refractivity contribution is -0.147. The molecule has 0 radical (unpaired) electrons. The summed E-state index contributed by atoms with van der Waals surface area (Å²) < 4.78 is 5.91. The molecule has 0 aromatic rings. The Kier molecular flexibility index (Phi) is 39.2. The number of aliphatic carboxylic acids is 1. The minimum Gasteiger partial charge on any atom is -0.480 e. The van der Waals surface area contributed by atoms with Gasteiger partial charge in [-0.2, -0.15) is 0 Å². The van der Waals surface area contributed by atoms with Crippen LogP contribution in [0.4, 0.5) is 0 Å². The molecule has 57 heavy (non-hydrogen) atoms. The first-order chi connectivity index (χ1) is 27.8. The molecule has 0 saturated heterocycles. The van der Waals surface area contributed by atoms with Crippen molar-refractivity contribution in [2.24, 2.45) is 0 Å². The number of aliphatic hydroxyl groups excluding tert-OH is 1. The first kappa shape index (κ1) is 53.3. The molecule has 0 spiro atoms. The molecule has 0 fully saturated rings. The molecule has 0 aliphatic heterocycles. The normalized spacial score (nSPS) is 13.2. The van der Waals surface area contributed by atoms with Crippen LogP contribution in [0.2, 0.25) is 0 Å². The van der Waals surface area contributed by atoms with Crippen LogP contribution in [0.15, 0.2) is 72.9 Å². The molecule has 2 atom stereocenters. The summed E-state index contributed by atoms with van der Waals surface area (Å²) in [4.78, 5) is 47.6. The standard InChI is InChI=1S/C48H80N2O7/c1-3-5-7-9-11-13-14-15-16-17-18-19-20-21-22-23-24-26-28-30-36-40-47(54)57-43(37-33-29-27-25-12-10-8-6-4-2)38-34-31-32-35-39-45(52)49-41-46(53)50-44(42-51)48(55)56/h5,7,11,13,15-16,18-19,21-22,33,37,43-44,51H,3-4,6,8-10,12,14,17,20,23-32,34-36,38-42H2,1-2H3,(H,49,52)(H,50,53)(H,55,56)/b7-5-,13-11-,16-15-,19-18-,22-21-,37-33-. The van der Waals surface area contributed by atoms with Gasteiger partial charge in [0.15, 0.2) is 0 Å². The van der Waals surface area contributed by atoms with Crippen LogP contribution in [0.1, 0.15) is 181 Å². The van der Waals surface area contributed by atoms with Gasteiger partial charge in [-0.1, -0.05) is 151 Å². The number of ether oxygens (including phenoxy) is 1. The number of rotatable bonds is 39. The summed E-state index contributed by atoms with van der Waals surface area (Å²) in [6.07, 6.45) is 52.3. The number of hydrogen-bond donors (Lipinski definition) is 4. The Morgan fingerprint density at radius 2 is 1.05 bits per heavy atom. The SMILES string of the molecule is CC/C=C\C/C=C\C/C=C\C/C=C\C/C=C\CCCCCCCC(=O)OC(/C=C\CCCCCCCCC)CCCCCCC(=O)NCC(=O)NC(CO)C(=O)O. The number of esters is 1. The topological polar surface area (TPSA) is 142 Å². The van der Waals surface area contributed by atoms with Gasteiger partial charge in [-0.3, -0.25) is 14.4 Å². The fourth-order valence-electron chi connectivity index (χ4n) is 6.00. The average molecular weight is 797 g/mol. The van der Waals surface area contributed by atoms with E-state index in [1.807, 2.05) is 0 Å². The van der Waals surface area contributed by atoms with Gasteiger partial charge in [0.25, 0.3) is 0 Å². The number of carboxylic acids is 1. The zero-order valence-electron chi connectivity index (χ0n) is 35.8. The second kappa shape index (κ2) is 41.9. The monoisotopic (exact) mass is 797 g/mol. The van der Waals surface area contributed by atoms with E-state index in [0.717, 1.165) is 96.3 Å². The van der Waals surface area contributed by atoms with Crippen LogP contribution in [0.5, 0.6) is 0 Å². The fourth-order valence-corrected chi connectivity index (χ4v) is 6.00. The Morgan fingerprint density at radius 3 is 1.61 bits per heavy atom. The third-order valence-electron chi connectivity index (χ3n) is 9.42. The number of nitrogens with one attached hydrogen (secondary N) is 2. The van der Waals surface area contributed by atoms with Crippen molar-refractivity contribution in [3.63, 3.8) is 0 Å². The Labute approximate surface area is 346 Å². The van der Waals surface area contributed by atoms with Gasteiger partial charge < -0.3 is 25.6 Å².